The number of ether oxygens (including phenoxy) is 2. The number of hydrogen-bond donors (Lipinski definition) is 0. The number of fused-ring (bicyclic) bond motifs is 1. The van der Waals surface area contributed by atoms with E-state index in [0.717, 1.165) is 31.7 Å². The van der Waals surface area contributed by atoms with Gasteiger partial charge in [-0.1, -0.05) is 31.8 Å². The minimum atomic E-state index is -1.69. The van der Waals surface area contributed by atoms with E-state index in [-0.39, 0.29) is 5.97 Å². The first-order valence-corrected chi connectivity index (χ1v) is 13.5. The number of esters is 1. The molecule has 28 heavy (non-hydrogen) atoms. The molecule has 2 heterocycles. The third kappa shape index (κ3) is 4.10. The summed E-state index contributed by atoms with van der Waals surface area (Å²) < 4.78 is 13.2. The number of carbonyl (C=O) groups is 1. The summed E-state index contributed by atoms with van der Waals surface area (Å²) in [5, 5.41) is 0. The Morgan fingerprint density at radius 2 is 1.82 bits per heavy atom. The quantitative estimate of drug-likeness (QED) is 0.219. The van der Waals surface area contributed by atoms with E-state index in [4.69, 9.17) is 24.4 Å². The summed E-state index contributed by atoms with van der Waals surface area (Å²) >= 11 is 2.22. The van der Waals surface area contributed by atoms with Gasteiger partial charge in [-0.3, -0.25) is 4.57 Å². The van der Waals surface area contributed by atoms with Crippen LogP contribution < -0.4 is 5.45 Å². The van der Waals surface area contributed by atoms with Crippen LogP contribution in [0.25, 0.3) is 22.6 Å². The maximum absolute atomic E-state index is 11.9. The lowest BCUT2D eigenvalue weighted by atomic mass is 10.1. The summed E-state index contributed by atoms with van der Waals surface area (Å²) in [7, 11) is -0.0423. The number of aromatic nitrogens is 4. The van der Waals surface area contributed by atoms with Gasteiger partial charge in [0.25, 0.3) is 0 Å². The van der Waals surface area contributed by atoms with E-state index < -0.39 is 8.07 Å². The maximum atomic E-state index is 11.9. The summed E-state index contributed by atoms with van der Waals surface area (Å²) in [6.45, 7) is 9.12. The largest absolute Gasteiger partial charge is 0.462 e. The molecular weight excluding hydrogens is 487 g/mol. The number of rotatable bonds is 6. The molecule has 0 saturated carbocycles. The predicted octanol–water partition coefficient (Wildman–Crippen LogP) is 3.42. The van der Waals surface area contributed by atoms with E-state index in [9.17, 15) is 4.79 Å². The molecule has 0 atom stereocenters. The van der Waals surface area contributed by atoms with Gasteiger partial charge < -0.3 is 9.47 Å². The fourth-order valence-corrected chi connectivity index (χ4v) is 4.45. The van der Waals surface area contributed by atoms with Crippen LogP contribution in [-0.2, 0) is 16.2 Å². The Labute approximate surface area is 178 Å². The lowest BCUT2D eigenvalue weighted by molar-refractivity contribution is 0.0526. The molecule has 0 spiro atoms. The first kappa shape index (κ1) is 20.9. The van der Waals surface area contributed by atoms with Crippen molar-refractivity contribution >= 4 is 53.2 Å². The van der Waals surface area contributed by atoms with Gasteiger partial charge in [0, 0.05) is 12.7 Å². The van der Waals surface area contributed by atoms with E-state index in [0.29, 0.717) is 18.9 Å². The standard InChI is InChI=1S/C19H23IN4O3Si/c1-6-27-18(25)13-9-7-12(8-10-13)16-21-14-15(20)22-19(28(3,4)5)23-17(14)24(16)11-26-2/h7-10H,6,11H2,1-5H3. The van der Waals surface area contributed by atoms with Gasteiger partial charge >= 0.3 is 5.97 Å². The molecule has 148 valence electrons. The van der Waals surface area contributed by atoms with Crippen molar-refractivity contribution in [2.24, 2.45) is 0 Å². The summed E-state index contributed by atoms with van der Waals surface area (Å²) in [4.78, 5) is 26.2. The van der Waals surface area contributed by atoms with Gasteiger partial charge in [-0.15, -0.1) is 0 Å². The van der Waals surface area contributed by atoms with E-state index in [1.54, 1.807) is 26.2 Å². The van der Waals surface area contributed by atoms with E-state index in [1.807, 2.05) is 16.7 Å². The lowest BCUT2D eigenvalue weighted by Gasteiger charge is -2.15. The SMILES string of the molecule is CCOC(=O)c1ccc(-c2nc3c(I)nc([Si](C)(C)C)nc3n2COC)cc1. The van der Waals surface area contributed by atoms with Crippen molar-refractivity contribution in [3.8, 4) is 11.4 Å². The number of hydrogen-bond acceptors (Lipinski definition) is 6. The summed E-state index contributed by atoms with van der Waals surface area (Å²) in [6.07, 6.45) is 0. The molecule has 0 aliphatic heterocycles. The van der Waals surface area contributed by atoms with E-state index >= 15 is 0 Å². The summed E-state index contributed by atoms with van der Waals surface area (Å²) in [6, 6.07) is 7.21. The Morgan fingerprint density at radius 1 is 1.14 bits per heavy atom. The lowest BCUT2D eigenvalue weighted by Crippen LogP contribution is -2.43. The monoisotopic (exact) mass is 510 g/mol. The topological polar surface area (TPSA) is 79.1 Å². The Morgan fingerprint density at radius 3 is 2.39 bits per heavy atom. The van der Waals surface area contributed by atoms with Gasteiger partial charge in [-0.05, 0) is 41.6 Å². The fourth-order valence-electron chi connectivity index (χ4n) is 2.74. The molecule has 0 saturated heterocycles. The van der Waals surface area contributed by atoms with Gasteiger partial charge in [0.1, 0.15) is 35.3 Å². The molecule has 0 amide bonds. The summed E-state index contributed by atoms with van der Waals surface area (Å²) in [5.74, 6) is 0.395. The third-order valence-electron chi connectivity index (χ3n) is 4.14. The molecule has 0 fully saturated rings. The summed E-state index contributed by atoms with van der Waals surface area (Å²) in [5.41, 5.74) is 3.79. The zero-order valence-corrected chi connectivity index (χ0v) is 19.8. The van der Waals surface area contributed by atoms with Crippen molar-refractivity contribution in [2.75, 3.05) is 13.7 Å². The predicted molar refractivity (Wildman–Crippen MR) is 119 cm³/mol. The highest BCUT2D eigenvalue weighted by Gasteiger charge is 2.25. The minimum absolute atomic E-state index is 0.323. The molecule has 0 aliphatic rings. The van der Waals surface area contributed by atoms with Gasteiger partial charge in [0.15, 0.2) is 5.65 Å². The van der Waals surface area contributed by atoms with Crippen LogP contribution in [0, 0.1) is 3.70 Å². The molecule has 0 N–H and O–H groups in total. The van der Waals surface area contributed by atoms with Crippen molar-refractivity contribution in [1.82, 2.24) is 19.5 Å². The molecular formula is C19H23IN4O3Si. The molecule has 1 aromatic carbocycles. The molecule has 3 aromatic rings. The minimum Gasteiger partial charge on any atom is -0.462 e. The Bertz CT molecular complexity index is 1010. The molecule has 0 bridgehead atoms. The van der Waals surface area contributed by atoms with Gasteiger partial charge in [-0.25, -0.2) is 19.7 Å². The van der Waals surface area contributed by atoms with Crippen molar-refractivity contribution in [3.05, 3.63) is 33.5 Å². The van der Waals surface area contributed by atoms with Crippen LogP contribution in [0.5, 0.6) is 0 Å². The fraction of sp³-hybridized carbons (Fsp3) is 0.368. The van der Waals surface area contributed by atoms with Crippen molar-refractivity contribution in [2.45, 2.75) is 33.3 Å². The first-order chi connectivity index (χ1) is 13.3. The average Bonchev–Trinajstić information content (AvgIpc) is 3.01. The van der Waals surface area contributed by atoms with Crippen molar-refractivity contribution in [3.63, 3.8) is 0 Å². The number of methoxy groups -OCH3 is 1. The molecule has 3 rings (SSSR count). The second kappa shape index (κ2) is 8.25. The zero-order valence-electron chi connectivity index (χ0n) is 16.6. The zero-order chi connectivity index (χ0) is 20.5. The number of halogens is 1. The maximum Gasteiger partial charge on any atom is 0.338 e. The first-order valence-electron chi connectivity index (χ1n) is 8.97. The van der Waals surface area contributed by atoms with Crippen LogP contribution in [0.15, 0.2) is 24.3 Å². The molecule has 0 aliphatic carbocycles. The van der Waals surface area contributed by atoms with E-state index in [1.165, 1.54) is 0 Å². The van der Waals surface area contributed by atoms with Crippen LogP contribution in [0.1, 0.15) is 17.3 Å². The Balaban J connectivity index is 2.14. The number of imidazole rings is 1. The van der Waals surface area contributed by atoms with Crippen LogP contribution in [0.3, 0.4) is 0 Å². The van der Waals surface area contributed by atoms with Crippen LogP contribution >= 0.6 is 22.6 Å². The van der Waals surface area contributed by atoms with Gasteiger partial charge in [0.05, 0.1) is 12.2 Å². The highest BCUT2D eigenvalue weighted by Crippen LogP contribution is 2.26. The number of carbonyl (C=O) groups excluding carboxylic acids is 1. The number of benzene rings is 1. The van der Waals surface area contributed by atoms with Crippen molar-refractivity contribution in [1.29, 1.82) is 0 Å². The molecule has 9 heteroatoms. The van der Waals surface area contributed by atoms with Gasteiger partial charge in [0.2, 0.25) is 0 Å². The van der Waals surface area contributed by atoms with Crippen LogP contribution in [-0.4, -0.2) is 47.3 Å². The molecule has 7 nitrogen and oxygen atoms in total. The Kier molecular flexibility index (Phi) is 6.15. The average molecular weight is 510 g/mol. The van der Waals surface area contributed by atoms with Crippen LogP contribution in [0.2, 0.25) is 19.6 Å². The highest BCUT2D eigenvalue weighted by atomic mass is 127. The van der Waals surface area contributed by atoms with E-state index in [2.05, 4.69) is 42.2 Å². The third-order valence-corrected chi connectivity index (χ3v) is 6.45. The molecule has 0 radical (unpaired) electrons. The molecule has 0 unspecified atom stereocenters. The Hall–Kier alpha value is -1.85. The van der Waals surface area contributed by atoms with Gasteiger partial charge in [-0.2, -0.15) is 0 Å². The second-order valence-electron chi connectivity index (χ2n) is 7.34. The molecule has 2 aromatic heterocycles. The smallest absolute Gasteiger partial charge is 0.338 e. The second-order valence-corrected chi connectivity index (χ2v) is 13.3. The van der Waals surface area contributed by atoms with Crippen LogP contribution in [0.4, 0.5) is 0 Å². The normalized spacial score (nSPS) is 11.8. The van der Waals surface area contributed by atoms with Crippen molar-refractivity contribution < 1.29 is 14.3 Å². The number of nitrogens with zero attached hydrogens (tertiary/aromatic N) is 4. The highest BCUT2D eigenvalue weighted by molar-refractivity contribution is 14.1.